The molecule has 0 fully saturated rings. The average molecular weight is 208 g/mol. The molecule has 1 heteroatoms. The van der Waals surface area contributed by atoms with Crippen LogP contribution in [0.25, 0.3) is 0 Å². The van der Waals surface area contributed by atoms with Crippen molar-refractivity contribution < 1.29 is 4.58 Å². The minimum absolute atomic E-state index is 0.0455. The quantitative estimate of drug-likeness (QED) is 0.373. The molecule has 0 atom stereocenters. The first-order valence-electron chi connectivity index (χ1n) is 5.46. The molecule has 1 nitrogen and oxygen atoms in total. The Balaban J connectivity index is 5.47. The zero-order chi connectivity index (χ0) is 12.4. The Hall–Kier alpha value is -0.850. The Morgan fingerprint density at radius 1 is 1.07 bits per heavy atom. The maximum atomic E-state index is 4.03. The Kier molecular flexibility index (Phi) is 4.09. The van der Waals surface area contributed by atoms with E-state index >= 15 is 0 Å². The average Bonchev–Trinajstić information content (AvgIpc) is 2.14. The molecule has 86 valence electrons. The van der Waals surface area contributed by atoms with Gasteiger partial charge in [0, 0.05) is 19.3 Å². The summed E-state index contributed by atoms with van der Waals surface area (Å²) < 4.78 is 1.94. The van der Waals surface area contributed by atoms with Gasteiger partial charge in [-0.2, -0.15) is 0 Å². The van der Waals surface area contributed by atoms with Crippen molar-refractivity contribution in [2.45, 2.75) is 54.0 Å². The van der Waals surface area contributed by atoms with Crippen molar-refractivity contribution >= 4 is 6.72 Å². The van der Waals surface area contributed by atoms with Crippen LogP contribution in [0.2, 0.25) is 0 Å². The van der Waals surface area contributed by atoms with E-state index in [-0.39, 0.29) is 11.0 Å². The van der Waals surface area contributed by atoms with Crippen LogP contribution >= 0.6 is 0 Å². The van der Waals surface area contributed by atoms with Crippen molar-refractivity contribution in [2.24, 2.45) is 5.41 Å². The molecule has 0 spiro atoms. The van der Waals surface area contributed by atoms with E-state index in [0.29, 0.717) is 0 Å². The summed E-state index contributed by atoms with van der Waals surface area (Å²) in [6, 6.07) is 0. The van der Waals surface area contributed by atoms with Gasteiger partial charge in [-0.1, -0.05) is 11.1 Å². The van der Waals surface area contributed by atoms with Gasteiger partial charge in [-0.25, -0.2) is 4.58 Å². The van der Waals surface area contributed by atoms with Gasteiger partial charge in [0.15, 0.2) is 11.7 Å². The summed E-state index contributed by atoms with van der Waals surface area (Å²) in [4.78, 5) is 0. The first-order valence-corrected chi connectivity index (χ1v) is 5.46. The van der Waals surface area contributed by atoms with Gasteiger partial charge in [0.2, 0.25) is 0 Å². The Morgan fingerprint density at radius 2 is 1.47 bits per heavy atom. The molecule has 0 radical (unpaired) electrons. The van der Waals surface area contributed by atoms with Gasteiger partial charge in [-0.05, 0) is 41.2 Å². The molecule has 0 bridgehead atoms. The smallest absolute Gasteiger partial charge is 0.170 e. The van der Waals surface area contributed by atoms with Gasteiger partial charge in [-0.3, -0.25) is 0 Å². The molecule has 0 saturated heterocycles. The monoisotopic (exact) mass is 208 g/mol. The highest BCUT2D eigenvalue weighted by atomic mass is 15.1. The van der Waals surface area contributed by atoms with Crippen molar-refractivity contribution in [3.8, 4) is 0 Å². The summed E-state index contributed by atoms with van der Waals surface area (Å²) in [6.07, 6.45) is 1.79. The summed E-state index contributed by atoms with van der Waals surface area (Å²) in [7, 11) is 0. The van der Waals surface area contributed by atoms with E-state index < -0.39 is 0 Å². The van der Waals surface area contributed by atoms with Crippen molar-refractivity contribution in [1.29, 1.82) is 0 Å². The second kappa shape index (κ2) is 4.34. The number of rotatable bonds is 4. The zero-order valence-electron chi connectivity index (χ0n) is 11.4. The van der Waals surface area contributed by atoms with Crippen LogP contribution in [0.4, 0.5) is 0 Å². The third kappa shape index (κ3) is 2.39. The molecule has 0 aromatic carbocycles. The highest BCUT2D eigenvalue weighted by molar-refractivity contribution is 5.22. The number of nitrogens with zero attached hydrogens (tertiary/aromatic N) is 1. The lowest BCUT2D eigenvalue weighted by molar-refractivity contribution is -0.550. The van der Waals surface area contributed by atoms with Crippen LogP contribution in [0.3, 0.4) is 0 Å². The first kappa shape index (κ1) is 14.2. The van der Waals surface area contributed by atoms with Crippen molar-refractivity contribution in [3.05, 3.63) is 23.9 Å². The highest BCUT2D eigenvalue weighted by Gasteiger charge is 2.46. The summed E-state index contributed by atoms with van der Waals surface area (Å²) >= 11 is 0. The lowest BCUT2D eigenvalue weighted by atomic mass is 9.68. The SMILES string of the molecule is C=C[N+](=C)C(C)(C)C(C)(C)C(C)=C(C)C. The van der Waals surface area contributed by atoms with Gasteiger partial charge in [0.25, 0.3) is 0 Å². The van der Waals surface area contributed by atoms with Gasteiger partial charge in [0.1, 0.15) is 6.72 Å². The van der Waals surface area contributed by atoms with E-state index in [1.165, 1.54) is 11.1 Å². The van der Waals surface area contributed by atoms with Crippen LogP contribution in [0.1, 0.15) is 48.5 Å². The molecule has 15 heavy (non-hydrogen) atoms. The van der Waals surface area contributed by atoms with E-state index in [1.54, 1.807) is 6.20 Å². The molecule has 0 rings (SSSR count). The molecule has 0 heterocycles. The van der Waals surface area contributed by atoms with E-state index in [0.717, 1.165) is 0 Å². The maximum Gasteiger partial charge on any atom is 0.170 e. The summed E-state index contributed by atoms with van der Waals surface area (Å²) in [5.41, 5.74) is 2.83. The molecule has 0 unspecified atom stereocenters. The summed E-state index contributed by atoms with van der Waals surface area (Å²) in [5.74, 6) is 0. The molecule has 0 aromatic heterocycles. The van der Waals surface area contributed by atoms with Gasteiger partial charge < -0.3 is 0 Å². The number of hydrogen-bond donors (Lipinski definition) is 0. The zero-order valence-corrected chi connectivity index (χ0v) is 11.4. The van der Waals surface area contributed by atoms with Gasteiger partial charge in [-0.15, -0.1) is 0 Å². The molecular weight excluding hydrogens is 182 g/mol. The Bertz CT molecular complexity index is 299. The number of allylic oxidation sites excluding steroid dienone is 1. The molecule has 0 aliphatic carbocycles. The van der Waals surface area contributed by atoms with Crippen LogP contribution in [-0.2, 0) is 0 Å². The fourth-order valence-corrected chi connectivity index (χ4v) is 1.67. The van der Waals surface area contributed by atoms with Gasteiger partial charge in [0.05, 0.1) is 0 Å². The fourth-order valence-electron chi connectivity index (χ4n) is 1.67. The largest absolute Gasteiger partial charge is 0.207 e. The van der Waals surface area contributed by atoms with Gasteiger partial charge >= 0.3 is 0 Å². The van der Waals surface area contributed by atoms with Crippen LogP contribution in [0, 0.1) is 5.41 Å². The lowest BCUT2D eigenvalue weighted by Crippen LogP contribution is -2.47. The van der Waals surface area contributed by atoms with Crippen molar-refractivity contribution in [2.75, 3.05) is 0 Å². The molecular formula is C14H26N+. The minimum atomic E-state index is -0.0455. The molecule has 0 aromatic rings. The normalized spacial score (nSPS) is 12.2. The van der Waals surface area contributed by atoms with Crippen LogP contribution in [0.5, 0.6) is 0 Å². The van der Waals surface area contributed by atoms with Crippen molar-refractivity contribution in [1.82, 2.24) is 0 Å². The predicted molar refractivity (Wildman–Crippen MR) is 69.5 cm³/mol. The van der Waals surface area contributed by atoms with Crippen LogP contribution < -0.4 is 0 Å². The van der Waals surface area contributed by atoms with E-state index in [4.69, 9.17) is 0 Å². The van der Waals surface area contributed by atoms with E-state index in [9.17, 15) is 0 Å². The second-order valence-corrected chi connectivity index (χ2v) is 5.46. The second-order valence-electron chi connectivity index (χ2n) is 5.46. The summed E-state index contributed by atoms with van der Waals surface area (Å²) in [6.45, 7) is 23.3. The highest BCUT2D eigenvalue weighted by Crippen LogP contribution is 2.41. The van der Waals surface area contributed by atoms with E-state index in [2.05, 4.69) is 61.8 Å². The van der Waals surface area contributed by atoms with Crippen molar-refractivity contribution in [3.63, 3.8) is 0 Å². The van der Waals surface area contributed by atoms with Crippen LogP contribution in [-0.4, -0.2) is 16.8 Å². The third-order valence-corrected chi connectivity index (χ3v) is 4.16. The predicted octanol–water partition coefficient (Wildman–Crippen LogP) is 4.00. The number of hydrogen-bond acceptors (Lipinski definition) is 0. The lowest BCUT2D eigenvalue weighted by Gasteiger charge is -2.38. The molecule has 0 saturated carbocycles. The molecule has 0 aliphatic rings. The third-order valence-electron chi connectivity index (χ3n) is 4.16. The minimum Gasteiger partial charge on any atom is -0.207 e. The van der Waals surface area contributed by atoms with Crippen LogP contribution in [0.15, 0.2) is 23.9 Å². The molecule has 0 aliphatic heterocycles. The Labute approximate surface area is 95.2 Å². The molecule has 0 N–H and O–H groups in total. The summed E-state index contributed by atoms with van der Waals surface area (Å²) in [5, 5.41) is 0. The fraction of sp³-hybridized carbons (Fsp3) is 0.643. The Morgan fingerprint density at radius 3 is 1.73 bits per heavy atom. The van der Waals surface area contributed by atoms with E-state index in [1.807, 2.05) is 4.58 Å². The standard InChI is InChI=1S/C14H26N/c1-10-15(9)14(7,8)13(5,6)12(4)11(2)3/h10H,1,9H2,2-8H3/q+1. The molecule has 0 amide bonds. The topological polar surface area (TPSA) is 3.01 Å². The maximum absolute atomic E-state index is 4.03. The first-order chi connectivity index (χ1) is 6.59.